The van der Waals surface area contributed by atoms with Crippen LogP contribution in [-0.2, 0) is 10.0 Å². The third kappa shape index (κ3) is 3.89. The van der Waals surface area contributed by atoms with Crippen LogP contribution in [0.3, 0.4) is 0 Å². The van der Waals surface area contributed by atoms with Gasteiger partial charge in [-0.25, -0.2) is 21.9 Å². The molecule has 0 bridgehead atoms. The fraction of sp³-hybridized carbons (Fsp3) is 0.333. The highest BCUT2D eigenvalue weighted by atomic mass is 32.2. The van der Waals surface area contributed by atoms with Gasteiger partial charge in [-0.3, -0.25) is 0 Å². The number of rotatable bonds is 5. The topological polar surface area (TPSA) is 66.4 Å². The number of hydrogen-bond donors (Lipinski definition) is 2. The van der Waals surface area contributed by atoms with Gasteiger partial charge in [0.15, 0.2) is 0 Å². The Hall–Kier alpha value is -1.83. The Morgan fingerprint density at radius 1 is 1.08 bits per heavy atom. The van der Waals surface area contributed by atoms with Crippen LogP contribution in [0.5, 0.6) is 0 Å². The molecule has 2 aromatic rings. The van der Waals surface area contributed by atoms with E-state index in [1.165, 1.54) is 30.3 Å². The Morgan fingerprint density at radius 3 is 2.44 bits per heavy atom. The van der Waals surface area contributed by atoms with Crippen LogP contribution in [0.1, 0.15) is 19.3 Å². The maximum Gasteiger partial charge on any atom is 0.240 e. The summed E-state index contributed by atoms with van der Waals surface area (Å²) in [5.74, 6) is -1.44. The van der Waals surface area contributed by atoms with Crippen LogP contribution >= 0.6 is 0 Å². The summed E-state index contributed by atoms with van der Waals surface area (Å²) < 4.78 is 54.4. The second-order valence-electron chi connectivity index (χ2n) is 6.25. The Balaban J connectivity index is 1.81. The van der Waals surface area contributed by atoms with Crippen LogP contribution in [-0.4, -0.2) is 26.2 Å². The molecule has 134 valence electrons. The number of aliphatic hydroxyl groups is 1. The minimum atomic E-state index is -3.72. The van der Waals surface area contributed by atoms with Gasteiger partial charge in [-0.05, 0) is 48.6 Å². The van der Waals surface area contributed by atoms with E-state index >= 15 is 0 Å². The number of aliphatic hydroxyl groups excluding tert-OH is 1. The molecule has 0 saturated heterocycles. The minimum absolute atomic E-state index is 0.0457. The van der Waals surface area contributed by atoms with Gasteiger partial charge in [0, 0.05) is 24.3 Å². The van der Waals surface area contributed by atoms with Crippen LogP contribution < -0.4 is 4.72 Å². The minimum Gasteiger partial charge on any atom is -0.396 e. The summed E-state index contributed by atoms with van der Waals surface area (Å²) >= 11 is 0. The van der Waals surface area contributed by atoms with Gasteiger partial charge in [0.2, 0.25) is 10.0 Å². The summed E-state index contributed by atoms with van der Waals surface area (Å²) in [6.45, 7) is -0.0457. The van der Waals surface area contributed by atoms with E-state index < -0.39 is 21.7 Å². The molecule has 1 saturated carbocycles. The van der Waals surface area contributed by atoms with Crippen LogP contribution in [0, 0.1) is 17.6 Å². The zero-order valence-electron chi connectivity index (χ0n) is 13.5. The summed E-state index contributed by atoms with van der Waals surface area (Å²) in [4.78, 5) is 0.0716. The third-order valence-corrected chi connectivity index (χ3v) is 6.11. The Labute approximate surface area is 145 Å². The standard InChI is InChI=1S/C18H19F2NO3S/c19-14-6-9-16(17(20)10-14)12-4-7-15(8-5-12)25(23,24)21-18-3-1-2-13(18)11-22/h4-10,13,18,21-22H,1-3,11H2. The molecule has 1 aliphatic rings. The summed E-state index contributed by atoms with van der Waals surface area (Å²) in [7, 11) is -3.72. The van der Waals surface area contributed by atoms with E-state index in [2.05, 4.69) is 4.72 Å². The first-order valence-electron chi connectivity index (χ1n) is 8.09. The van der Waals surface area contributed by atoms with Crippen molar-refractivity contribution in [3.63, 3.8) is 0 Å². The van der Waals surface area contributed by atoms with Crippen LogP contribution in [0.4, 0.5) is 8.78 Å². The highest BCUT2D eigenvalue weighted by Crippen LogP contribution is 2.28. The second-order valence-corrected chi connectivity index (χ2v) is 7.96. The molecule has 0 radical (unpaired) electrons. The highest BCUT2D eigenvalue weighted by Gasteiger charge is 2.30. The van der Waals surface area contributed by atoms with Crippen molar-refractivity contribution in [3.05, 3.63) is 54.1 Å². The van der Waals surface area contributed by atoms with Crippen LogP contribution in [0.15, 0.2) is 47.4 Å². The predicted octanol–water partition coefficient (Wildman–Crippen LogP) is 3.07. The monoisotopic (exact) mass is 367 g/mol. The van der Waals surface area contributed by atoms with Gasteiger partial charge >= 0.3 is 0 Å². The predicted molar refractivity (Wildman–Crippen MR) is 90.3 cm³/mol. The lowest BCUT2D eigenvalue weighted by molar-refractivity contribution is 0.213. The maximum absolute atomic E-state index is 13.8. The zero-order chi connectivity index (χ0) is 18.0. The summed E-state index contributed by atoms with van der Waals surface area (Å²) in [5, 5.41) is 9.31. The Bertz CT molecular complexity index is 853. The fourth-order valence-corrected chi connectivity index (χ4v) is 4.55. The molecule has 2 N–H and O–H groups in total. The van der Waals surface area contributed by atoms with Crippen molar-refractivity contribution < 1.29 is 22.3 Å². The molecule has 2 aromatic carbocycles. The Kier molecular flexibility index (Phi) is 5.17. The van der Waals surface area contributed by atoms with Crippen molar-refractivity contribution in [2.45, 2.75) is 30.2 Å². The summed E-state index contributed by atoms with van der Waals surface area (Å²) in [6.07, 6.45) is 2.37. The molecular formula is C18H19F2NO3S. The van der Waals surface area contributed by atoms with Crippen molar-refractivity contribution in [2.24, 2.45) is 5.92 Å². The molecule has 1 aliphatic carbocycles. The fourth-order valence-electron chi connectivity index (χ4n) is 3.22. The molecule has 2 atom stereocenters. The van der Waals surface area contributed by atoms with Crippen molar-refractivity contribution in [1.29, 1.82) is 0 Å². The van der Waals surface area contributed by atoms with Crippen molar-refractivity contribution >= 4 is 10.0 Å². The van der Waals surface area contributed by atoms with Gasteiger partial charge in [-0.2, -0.15) is 0 Å². The molecule has 0 spiro atoms. The van der Waals surface area contributed by atoms with Gasteiger partial charge < -0.3 is 5.11 Å². The smallest absolute Gasteiger partial charge is 0.240 e. The molecule has 1 fully saturated rings. The number of halogens is 2. The molecule has 25 heavy (non-hydrogen) atoms. The number of benzene rings is 2. The quantitative estimate of drug-likeness (QED) is 0.854. The first kappa shape index (κ1) is 18.0. The molecule has 0 amide bonds. The molecule has 2 unspecified atom stereocenters. The molecule has 4 nitrogen and oxygen atoms in total. The summed E-state index contributed by atoms with van der Waals surface area (Å²) in [5.41, 5.74) is 0.667. The lowest BCUT2D eigenvalue weighted by atomic mass is 10.1. The first-order chi connectivity index (χ1) is 11.9. The van der Waals surface area contributed by atoms with E-state index in [1.807, 2.05) is 0 Å². The van der Waals surface area contributed by atoms with E-state index in [-0.39, 0.29) is 29.0 Å². The lowest BCUT2D eigenvalue weighted by Gasteiger charge is -2.19. The molecule has 3 rings (SSSR count). The van der Waals surface area contributed by atoms with Crippen molar-refractivity contribution in [1.82, 2.24) is 4.72 Å². The van der Waals surface area contributed by atoms with Crippen molar-refractivity contribution in [3.8, 4) is 11.1 Å². The molecule has 0 aliphatic heterocycles. The average molecular weight is 367 g/mol. The lowest BCUT2D eigenvalue weighted by Crippen LogP contribution is -2.38. The molecule has 7 heteroatoms. The average Bonchev–Trinajstić information content (AvgIpc) is 3.01. The van der Waals surface area contributed by atoms with Gasteiger partial charge in [-0.1, -0.05) is 18.6 Å². The van der Waals surface area contributed by atoms with E-state index in [0.717, 1.165) is 25.0 Å². The van der Waals surface area contributed by atoms with Crippen LogP contribution in [0.2, 0.25) is 0 Å². The van der Waals surface area contributed by atoms with Gasteiger partial charge in [0.25, 0.3) is 0 Å². The van der Waals surface area contributed by atoms with Gasteiger partial charge in [0.1, 0.15) is 11.6 Å². The summed E-state index contributed by atoms with van der Waals surface area (Å²) in [6, 6.07) is 8.75. The SMILES string of the molecule is O=S(=O)(NC1CCCC1CO)c1ccc(-c2ccc(F)cc2F)cc1. The highest BCUT2D eigenvalue weighted by molar-refractivity contribution is 7.89. The second kappa shape index (κ2) is 7.19. The maximum atomic E-state index is 13.8. The van der Waals surface area contributed by atoms with Gasteiger partial charge in [0.05, 0.1) is 4.90 Å². The number of hydrogen-bond acceptors (Lipinski definition) is 3. The van der Waals surface area contributed by atoms with Crippen LogP contribution in [0.25, 0.3) is 11.1 Å². The van der Waals surface area contributed by atoms with Gasteiger partial charge in [-0.15, -0.1) is 0 Å². The molecule has 0 heterocycles. The third-order valence-electron chi connectivity index (χ3n) is 4.61. The number of sulfonamides is 1. The Morgan fingerprint density at radius 2 is 1.80 bits per heavy atom. The zero-order valence-corrected chi connectivity index (χ0v) is 14.3. The van der Waals surface area contributed by atoms with E-state index in [1.54, 1.807) is 0 Å². The normalized spacial score (nSPS) is 20.8. The van der Waals surface area contributed by atoms with Crippen molar-refractivity contribution in [2.75, 3.05) is 6.61 Å². The first-order valence-corrected chi connectivity index (χ1v) is 9.58. The molecule has 0 aromatic heterocycles. The molecular weight excluding hydrogens is 348 g/mol. The largest absolute Gasteiger partial charge is 0.396 e. The van der Waals surface area contributed by atoms with E-state index in [4.69, 9.17) is 0 Å². The van der Waals surface area contributed by atoms with E-state index in [9.17, 15) is 22.3 Å². The number of nitrogens with one attached hydrogen (secondary N) is 1. The van der Waals surface area contributed by atoms with E-state index in [0.29, 0.717) is 12.0 Å².